The van der Waals surface area contributed by atoms with Gasteiger partial charge in [0, 0.05) is 0 Å². The summed E-state index contributed by atoms with van der Waals surface area (Å²) < 4.78 is 5.55. The molecule has 0 aliphatic heterocycles. The van der Waals surface area contributed by atoms with Crippen molar-refractivity contribution in [2.45, 2.75) is 27.2 Å². The minimum Gasteiger partial charge on any atom is -0.486 e. The van der Waals surface area contributed by atoms with E-state index in [0.29, 0.717) is 0 Å². The van der Waals surface area contributed by atoms with Crippen LogP contribution >= 0.6 is 0 Å². The lowest BCUT2D eigenvalue weighted by Gasteiger charge is -2.06. The molecule has 0 fully saturated rings. The minimum absolute atomic E-state index is 0.764. The van der Waals surface area contributed by atoms with Crippen molar-refractivity contribution in [3.8, 4) is 0 Å². The Balaban J connectivity index is 2.76. The molecule has 0 atom stereocenters. The average molecular weight is 176 g/mol. The van der Waals surface area contributed by atoms with Gasteiger partial charge >= 0.3 is 0 Å². The Morgan fingerprint density at radius 3 is 2.85 bits per heavy atom. The molecule has 0 aromatic heterocycles. The minimum atomic E-state index is 0.764. The highest BCUT2D eigenvalue weighted by molar-refractivity contribution is 5.36. The van der Waals surface area contributed by atoms with Crippen molar-refractivity contribution in [3.05, 3.63) is 40.9 Å². The van der Waals surface area contributed by atoms with E-state index in [2.05, 4.69) is 32.6 Å². The lowest BCUT2D eigenvalue weighted by atomic mass is 10.2. The van der Waals surface area contributed by atoms with Gasteiger partial charge in [0.15, 0.2) is 5.76 Å². The van der Waals surface area contributed by atoms with E-state index >= 15 is 0 Å². The van der Waals surface area contributed by atoms with Crippen LogP contribution in [0.1, 0.15) is 27.2 Å². The molecule has 0 aromatic carbocycles. The number of allylic oxidation sites excluding steroid dienone is 4. The normalized spacial score (nSPS) is 15.8. The maximum absolute atomic E-state index is 5.55. The van der Waals surface area contributed by atoms with Gasteiger partial charge in [-0.2, -0.15) is 0 Å². The topological polar surface area (TPSA) is 9.23 Å². The molecule has 0 unspecified atom stereocenters. The zero-order valence-electron chi connectivity index (χ0n) is 8.55. The molecule has 70 valence electrons. The lowest BCUT2D eigenvalue weighted by Crippen LogP contribution is -1.94. The molecule has 1 rings (SSSR count). The van der Waals surface area contributed by atoms with E-state index in [1.165, 1.54) is 5.57 Å². The first kappa shape index (κ1) is 9.88. The first-order valence-electron chi connectivity index (χ1n) is 4.69. The van der Waals surface area contributed by atoms with Gasteiger partial charge < -0.3 is 4.74 Å². The van der Waals surface area contributed by atoms with E-state index in [1.54, 1.807) is 0 Å². The maximum atomic E-state index is 5.55. The van der Waals surface area contributed by atoms with Crippen LogP contribution in [-0.4, -0.2) is 6.61 Å². The number of ether oxygens (including phenoxy) is 1. The Morgan fingerprint density at radius 1 is 1.38 bits per heavy atom. The average Bonchev–Trinajstić information content (AvgIpc) is 2.24. The van der Waals surface area contributed by atoms with Crippen LogP contribution in [0.5, 0.6) is 0 Å². The third-order valence-electron chi connectivity index (χ3n) is 1.81. The van der Waals surface area contributed by atoms with Crippen molar-refractivity contribution in [2.75, 3.05) is 6.61 Å². The first-order valence-corrected chi connectivity index (χ1v) is 4.69. The quantitative estimate of drug-likeness (QED) is 0.599. The Kier molecular flexibility index (Phi) is 3.60. The highest BCUT2D eigenvalue weighted by atomic mass is 16.5. The molecule has 0 aromatic rings. The van der Waals surface area contributed by atoms with Gasteiger partial charge in [-0.3, -0.25) is 0 Å². The summed E-state index contributed by atoms with van der Waals surface area (Å²) in [5, 5.41) is 0. The van der Waals surface area contributed by atoms with E-state index in [1.807, 2.05) is 12.2 Å². The molecule has 1 nitrogen and oxygen atoms in total. The SMILES string of the molecule is CCCOC1=C=CC=C(C)C=C1C. The van der Waals surface area contributed by atoms with Gasteiger partial charge in [-0.05, 0) is 31.9 Å². The summed E-state index contributed by atoms with van der Waals surface area (Å²) in [7, 11) is 0. The maximum Gasteiger partial charge on any atom is 0.165 e. The van der Waals surface area contributed by atoms with Crippen LogP contribution < -0.4 is 0 Å². The monoisotopic (exact) mass is 176 g/mol. The van der Waals surface area contributed by atoms with Gasteiger partial charge in [0.1, 0.15) is 0 Å². The van der Waals surface area contributed by atoms with Crippen molar-refractivity contribution >= 4 is 0 Å². The Hall–Kier alpha value is -1.20. The second-order valence-corrected chi connectivity index (χ2v) is 3.23. The van der Waals surface area contributed by atoms with Crippen molar-refractivity contribution in [1.29, 1.82) is 0 Å². The van der Waals surface area contributed by atoms with E-state index in [4.69, 9.17) is 4.74 Å². The molecular weight excluding hydrogens is 160 g/mol. The van der Waals surface area contributed by atoms with Gasteiger partial charge in [0.05, 0.1) is 6.61 Å². The summed E-state index contributed by atoms with van der Waals surface area (Å²) in [6.45, 7) is 6.99. The lowest BCUT2D eigenvalue weighted by molar-refractivity contribution is 0.221. The van der Waals surface area contributed by atoms with E-state index in [0.717, 1.165) is 24.4 Å². The van der Waals surface area contributed by atoms with E-state index < -0.39 is 0 Å². The first-order chi connectivity index (χ1) is 6.24. The molecule has 0 saturated carbocycles. The largest absolute Gasteiger partial charge is 0.486 e. The molecule has 0 saturated heterocycles. The molecule has 1 aliphatic rings. The van der Waals surface area contributed by atoms with Gasteiger partial charge in [0.2, 0.25) is 0 Å². The number of rotatable bonds is 3. The Labute approximate surface area is 80.1 Å². The van der Waals surface area contributed by atoms with Gasteiger partial charge in [0.25, 0.3) is 0 Å². The van der Waals surface area contributed by atoms with Crippen molar-refractivity contribution in [3.63, 3.8) is 0 Å². The summed E-state index contributed by atoms with van der Waals surface area (Å²) in [5.41, 5.74) is 5.51. The predicted octanol–water partition coefficient (Wildman–Crippen LogP) is 3.36. The fourth-order valence-electron chi connectivity index (χ4n) is 1.18. The van der Waals surface area contributed by atoms with Crippen molar-refractivity contribution in [2.24, 2.45) is 0 Å². The molecule has 13 heavy (non-hydrogen) atoms. The van der Waals surface area contributed by atoms with Crippen LogP contribution in [-0.2, 0) is 4.74 Å². The third-order valence-corrected chi connectivity index (χ3v) is 1.81. The van der Waals surface area contributed by atoms with Gasteiger partial charge in [-0.25, -0.2) is 0 Å². The smallest absolute Gasteiger partial charge is 0.165 e. The van der Waals surface area contributed by atoms with Gasteiger partial charge in [-0.1, -0.05) is 30.4 Å². The Morgan fingerprint density at radius 2 is 2.15 bits per heavy atom. The van der Waals surface area contributed by atoms with Crippen LogP contribution in [0.3, 0.4) is 0 Å². The molecule has 0 radical (unpaired) electrons. The van der Waals surface area contributed by atoms with Crippen LogP contribution in [0, 0.1) is 0 Å². The standard InChI is InChI=1S/C12H16O/c1-4-8-13-12-7-5-6-10(2)9-11(12)3/h5-6,9H,4,8H2,1-3H3. The van der Waals surface area contributed by atoms with E-state index in [9.17, 15) is 0 Å². The summed E-state index contributed by atoms with van der Waals surface area (Å²) >= 11 is 0. The second kappa shape index (κ2) is 4.74. The summed E-state index contributed by atoms with van der Waals surface area (Å²) in [6, 6.07) is 0. The Bertz CT molecular complexity index is 299. The van der Waals surface area contributed by atoms with E-state index in [-0.39, 0.29) is 0 Å². The molecule has 0 amide bonds. The molecule has 1 heteroatoms. The number of hydrogen-bond acceptors (Lipinski definition) is 1. The zero-order valence-corrected chi connectivity index (χ0v) is 8.55. The molecule has 0 spiro atoms. The van der Waals surface area contributed by atoms with Gasteiger partial charge in [-0.15, -0.1) is 0 Å². The molecule has 0 bridgehead atoms. The molecule has 0 N–H and O–H groups in total. The van der Waals surface area contributed by atoms with Crippen molar-refractivity contribution < 1.29 is 4.74 Å². The third kappa shape index (κ3) is 2.96. The van der Waals surface area contributed by atoms with Crippen LogP contribution in [0.2, 0.25) is 0 Å². The van der Waals surface area contributed by atoms with Crippen LogP contribution in [0.15, 0.2) is 40.9 Å². The van der Waals surface area contributed by atoms with Crippen LogP contribution in [0.25, 0.3) is 0 Å². The fraction of sp³-hybridized carbons (Fsp3) is 0.417. The van der Waals surface area contributed by atoms with Crippen molar-refractivity contribution in [1.82, 2.24) is 0 Å². The second-order valence-electron chi connectivity index (χ2n) is 3.23. The fourth-order valence-corrected chi connectivity index (χ4v) is 1.18. The highest BCUT2D eigenvalue weighted by Crippen LogP contribution is 2.15. The highest BCUT2D eigenvalue weighted by Gasteiger charge is 2.01. The molecule has 0 heterocycles. The molecular formula is C12H16O. The predicted molar refractivity (Wildman–Crippen MR) is 55.4 cm³/mol. The number of hydrogen-bond donors (Lipinski definition) is 0. The van der Waals surface area contributed by atoms with Crippen LogP contribution in [0.4, 0.5) is 0 Å². The zero-order chi connectivity index (χ0) is 9.68. The molecule has 1 aliphatic carbocycles. The summed E-state index contributed by atoms with van der Waals surface area (Å²) in [4.78, 5) is 0. The summed E-state index contributed by atoms with van der Waals surface area (Å²) in [6.07, 6.45) is 7.09. The summed E-state index contributed by atoms with van der Waals surface area (Å²) in [5.74, 6) is 0.870.